The zero-order valence-electron chi connectivity index (χ0n) is 13.9. The topological polar surface area (TPSA) is 38.9 Å². The van der Waals surface area contributed by atoms with Gasteiger partial charge in [0.2, 0.25) is 0 Å². The third-order valence-corrected chi connectivity index (χ3v) is 5.57. The predicted octanol–water partition coefficient (Wildman–Crippen LogP) is 5.45. The summed E-state index contributed by atoms with van der Waals surface area (Å²) >= 11 is 7.52. The largest absolute Gasteiger partial charge is 0.391 e. The fourth-order valence-electron chi connectivity index (χ4n) is 2.82. The van der Waals surface area contributed by atoms with Crippen molar-refractivity contribution in [3.05, 3.63) is 69.7 Å². The Morgan fingerprint density at radius 1 is 1.20 bits per heavy atom. The van der Waals surface area contributed by atoms with Gasteiger partial charge in [-0.3, -0.25) is 4.40 Å². The summed E-state index contributed by atoms with van der Waals surface area (Å²) in [6.45, 7) is 4.46. The van der Waals surface area contributed by atoms with Gasteiger partial charge in [-0.25, -0.2) is 4.98 Å². The van der Waals surface area contributed by atoms with Crippen LogP contribution in [0.1, 0.15) is 23.1 Å². The molecule has 4 aromatic rings. The molecule has 4 rings (SSSR count). The standard InChI is InChI=1S/C19H16ClN3OS/c1-12(22-24-11-14-7-9-15(20)10-8-14)18-13(2)23-17-6-4-3-5-16(17)21-19(23)25-18/h3-10H,11H2,1-2H3/b22-12+. The van der Waals surface area contributed by atoms with Gasteiger partial charge in [-0.05, 0) is 43.7 Å². The van der Waals surface area contributed by atoms with E-state index in [1.165, 1.54) is 0 Å². The number of rotatable bonds is 4. The Morgan fingerprint density at radius 3 is 2.76 bits per heavy atom. The summed E-state index contributed by atoms with van der Waals surface area (Å²) in [6.07, 6.45) is 0. The molecule has 2 aromatic carbocycles. The summed E-state index contributed by atoms with van der Waals surface area (Å²) in [5, 5.41) is 5.00. The molecular formula is C19H16ClN3OS. The van der Waals surface area contributed by atoms with Crippen LogP contribution in [-0.2, 0) is 11.4 Å². The molecule has 126 valence electrons. The molecule has 2 aromatic heterocycles. The molecular weight excluding hydrogens is 354 g/mol. The zero-order chi connectivity index (χ0) is 17.4. The van der Waals surface area contributed by atoms with Crippen molar-refractivity contribution < 1.29 is 4.84 Å². The normalized spacial score (nSPS) is 12.2. The first kappa shape index (κ1) is 16.1. The summed E-state index contributed by atoms with van der Waals surface area (Å²) < 4.78 is 2.17. The number of aryl methyl sites for hydroxylation is 1. The van der Waals surface area contributed by atoms with Gasteiger partial charge in [-0.1, -0.05) is 52.4 Å². The van der Waals surface area contributed by atoms with Gasteiger partial charge >= 0.3 is 0 Å². The summed E-state index contributed by atoms with van der Waals surface area (Å²) in [5.74, 6) is 0. The number of aromatic nitrogens is 2. The Balaban J connectivity index is 1.60. The van der Waals surface area contributed by atoms with E-state index in [-0.39, 0.29) is 0 Å². The number of halogens is 1. The SMILES string of the molecule is C/C(=N\OCc1ccc(Cl)cc1)c1sc2nc3ccccc3n2c1C. The molecule has 0 atom stereocenters. The van der Waals surface area contributed by atoms with Gasteiger partial charge in [-0.2, -0.15) is 0 Å². The minimum absolute atomic E-state index is 0.416. The molecule has 0 aliphatic rings. The van der Waals surface area contributed by atoms with Gasteiger partial charge in [0.1, 0.15) is 6.61 Å². The van der Waals surface area contributed by atoms with Crippen LogP contribution in [0, 0.1) is 6.92 Å². The predicted molar refractivity (Wildman–Crippen MR) is 104 cm³/mol. The Kier molecular flexibility index (Phi) is 4.19. The number of fused-ring (bicyclic) bond motifs is 3. The number of para-hydroxylation sites is 2. The first-order valence-corrected chi connectivity index (χ1v) is 9.11. The molecule has 0 amide bonds. The quantitative estimate of drug-likeness (QED) is 0.354. The van der Waals surface area contributed by atoms with Gasteiger partial charge in [0.25, 0.3) is 0 Å². The highest BCUT2D eigenvalue weighted by Gasteiger charge is 2.15. The zero-order valence-corrected chi connectivity index (χ0v) is 15.4. The van der Waals surface area contributed by atoms with Gasteiger partial charge in [0.15, 0.2) is 4.96 Å². The molecule has 25 heavy (non-hydrogen) atoms. The summed E-state index contributed by atoms with van der Waals surface area (Å²) in [5.41, 5.74) is 5.14. The van der Waals surface area contributed by atoms with E-state index in [2.05, 4.69) is 27.5 Å². The van der Waals surface area contributed by atoms with Crippen LogP contribution < -0.4 is 0 Å². The second-order valence-corrected chi connectivity index (χ2v) is 7.23. The molecule has 6 heteroatoms. The lowest BCUT2D eigenvalue weighted by atomic mass is 10.2. The molecule has 0 saturated heterocycles. The number of hydrogen-bond acceptors (Lipinski definition) is 4. The summed E-state index contributed by atoms with van der Waals surface area (Å²) in [6, 6.07) is 15.7. The van der Waals surface area contributed by atoms with Crippen molar-refractivity contribution in [3.8, 4) is 0 Å². The van der Waals surface area contributed by atoms with Gasteiger partial charge in [0.05, 0.1) is 21.6 Å². The summed E-state index contributed by atoms with van der Waals surface area (Å²) in [4.78, 5) is 12.3. The molecule has 0 fully saturated rings. The van der Waals surface area contributed by atoms with E-state index >= 15 is 0 Å². The highest BCUT2D eigenvalue weighted by Crippen LogP contribution is 2.28. The van der Waals surface area contributed by atoms with E-state index in [0.717, 1.165) is 37.8 Å². The maximum atomic E-state index is 5.89. The fourth-order valence-corrected chi connectivity index (χ4v) is 4.03. The van der Waals surface area contributed by atoms with Gasteiger partial charge < -0.3 is 4.84 Å². The maximum Gasteiger partial charge on any atom is 0.195 e. The van der Waals surface area contributed by atoms with E-state index in [0.29, 0.717) is 11.6 Å². The van der Waals surface area contributed by atoms with Crippen LogP contribution in [0.4, 0.5) is 0 Å². The Morgan fingerprint density at radius 2 is 1.96 bits per heavy atom. The Bertz CT molecular complexity index is 1080. The second kappa shape index (κ2) is 6.50. The molecule has 0 saturated carbocycles. The number of imidazole rings is 1. The van der Waals surface area contributed by atoms with Crippen LogP contribution in [0.25, 0.3) is 16.0 Å². The first-order chi connectivity index (χ1) is 12.1. The van der Waals surface area contributed by atoms with Crippen molar-refractivity contribution in [2.75, 3.05) is 0 Å². The molecule has 0 aliphatic heterocycles. The van der Waals surface area contributed by atoms with Crippen molar-refractivity contribution in [1.82, 2.24) is 9.38 Å². The smallest absolute Gasteiger partial charge is 0.195 e. The van der Waals surface area contributed by atoms with Crippen LogP contribution in [0.2, 0.25) is 5.02 Å². The van der Waals surface area contributed by atoms with Gasteiger partial charge in [0, 0.05) is 10.7 Å². The fraction of sp³-hybridized carbons (Fsp3) is 0.158. The second-order valence-electron chi connectivity index (χ2n) is 5.81. The Labute approximate surface area is 154 Å². The highest BCUT2D eigenvalue weighted by atomic mass is 35.5. The first-order valence-electron chi connectivity index (χ1n) is 7.91. The molecule has 0 radical (unpaired) electrons. The average molecular weight is 370 g/mol. The number of hydrogen-bond donors (Lipinski definition) is 0. The van der Waals surface area contributed by atoms with E-state index in [1.807, 2.05) is 49.4 Å². The molecule has 0 aliphatic carbocycles. The molecule has 0 N–H and O–H groups in total. The van der Waals surface area contributed by atoms with Crippen LogP contribution in [0.3, 0.4) is 0 Å². The number of benzene rings is 2. The maximum absolute atomic E-state index is 5.89. The van der Waals surface area contributed by atoms with E-state index in [1.54, 1.807) is 11.3 Å². The van der Waals surface area contributed by atoms with E-state index < -0.39 is 0 Å². The third kappa shape index (κ3) is 3.01. The lowest BCUT2D eigenvalue weighted by molar-refractivity contribution is 0.130. The summed E-state index contributed by atoms with van der Waals surface area (Å²) in [7, 11) is 0. The average Bonchev–Trinajstić information content (AvgIpc) is 3.13. The van der Waals surface area contributed by atoms with E-state index in [9.17, 15) is 0 Å². The van der Waals surface area contributed by atoms with Crippen LogP contribution in [0.15, 0.2) is 53.7 Å². The minimum Gasteiger partial charge on any atom is -0.391 e. The molecule has 0 unspecified atom stereocenters. The molecule has 4 nitrogen and oxygen atoms in total. The van der Waals surface area contributed by atoms with Crippen molar-refractivity contribution >= 4 is 44.6 Å². The van der Waals surface area contributed by atoms with Crippen LogP contribution in [0.5, 0.6) is 0 Å². The molecule has 2 heterocycles. The lowest BCUT2D eigenvalue weighted by Gasteiger charge is -2.03. The van der Waals surface area contributed by atoms with Gasteiger partial charge in [-0.15, -0.1) is 0 Å². The molecule has 0 spiro atoms. The van der Waals surface area contributed by atoms with E-state index in [4.69, 9.17) is 16.4 Å². The van der Waals surface area contributed by atoms with Crippen molar-refractivity contribution in [2.45, 2.75) is 20.5 Å². The highest BCUT2D eigenvalue weighted by molar-refractivity contribution is 7.19. The monoisotopic (exact) mass is 369 g/mol. The Hall–Kier alpha value is -2.37. The molecule has 0 bridgehead atoms. The lowest BCUT2D eigenvalue weighted by Crippen LogP contribution is -1.98. The minimum atomic E-state index is 0.416. The van der Waals surface area contributed by atoms with Crippen molar-refractivity contribution in [1.29, 1.82) is 0 Å². The number of thiazole rings is 1. The number of nitrogens with zero attached hydrogens (tertiary/aromatic N) is 3. The van der Waals surface area contributed by atoms with Crippen molar-refractivity contribution in [3.63, 3.8) is 0 Å². The van der Waals surface area contributed by atoms with Crippen LogP contribution >= 0.6 is 22.9 Å². The third-order valence-electron chi connectivity index (χ3n) is 4.06. The number of oxime groups is 1. The van der Waals surface area contributed by atoms with Crippen molar-refractivity contribution in [2.24, 2.45) is 5.16 Å². The van der Waals surface area contributed by atoms with Crippen LogP contribution in [-0.4, -0.2) is 15.1 Å².